The van der Waals surface area contributed by atoms with Crippen LogP contribution in [0, 0.1) is 0 Å². The average molecular weight is 444 g/mol. The summed E-state index contributed by atoms with van der Waals surface area (Å²) < 4.78 is 18.1. The second kappa shape index (κ2) is 6.95. The maximum Gasteiger partial charge on any atom is 0.419 e. The predicted octanol–water partition coefficient (Wildman–Crippen LogP) is 2.66. The van der Waals surface area contributed by atoms with Crippen molar-refractivity contribution in [3.05, 3.63) is 70.8 Å². The summed E-state index contributed by atoms with van der Waals surface area (Å²) in [5.41, 5.74) is 2.44. The first-order valence-corrected chi connectivity index (χ1v) is 10.1. The standard InChI is InChI=1S/C23H16N4O6/c1-26-15-6-4-12(9-18(15)33-23(26)30)20-22(29)27(21-17(32-20)3-2-8-24-21)13-5-7-16-14(10-13)25-19(28)11-31-16/h2-10,20H,11H2,1H3,(H,25,28). The van der Waals surface area contributed by atoms with Gasteiger partial charge in [-0.15, -0.1) is 0 Å². The lowest BCUT2D eigenvalue weighted by Gasteiger charge is -2.34. The number of ether oxygens (including phenoxy) is 2. The minimum absolute atomic E-state index is 0.0621. The highest BCUT2D eigenvalue weighted by molar-refractivity contribution is 6.06. The van der Waals surface area contributed by atoms with E-state index in [-0.39, 0.29) is 18.4 Å². The number of hydrogen-bond acceptors (Lipinski definition) is 7. The molecule has 0 radical (unpaired) electrons. The molecule has 10 heteroatoms. The largest absolute Gasteiger partial charge is 0.482 e. The summed E-state index contributed by atoms with van der Waals surface area (Å²) in [6.07, 6.45) is 0.565. The van der Waals surface area contributed by atoms with E-state index in [2.05, 4.69) is 10.3 Å². The number of hydrogen-bond donors (Lipinski definition) is 1. The number of carbonyl (C=O) groups excluding carboxylic acids is 2. The molecule has 2 aromatic heterocycles. The van der Waals surface area contributed by atoms with E-state index in [4.69, 9.17) is 13.9 Å². The first kappa shape index (κ1) is 19.1. The molecule has 1 unspecified atom stereocenters. The monoisotopic (exact) mass is 444 g/mol. The molecule has 4 heterocycles. The maximum atomic E-state index is 13.7. The van der Waals surface area contributed by atoms with E-state index in [9.17, 15) is 14.4 Å². The van der Waals surface area contributed by atoms with Crippen LogP contribution in [0.4, 0.5) is 17.2 Å². The van der Waals surface area contributed by atoms with E-state index in [1.54, 1.807) is 61.8 Å². The molecule has 1 atom stereocenters. The number of anilines is 3. The van der Waals surface area contributed by atoms with Gasteiger partial charge in [0.25, 0.3) is 11.8 Å². The normalized spacial score (nSPS) is 17.1. The minimum Gasteiger partial charge on any atom is -0.482 e. The fraction of sp³-hybridized carbons (Fsp3) is 0.130. The third kappa shape index (κ3) is 2.95. The molecule has 2 aromatic carbocycles. The molecule has 0 fully saturated rings. The zero-order valence-corrected chi connectivity index (χ0v) is 17.3. The summed E-state index contributed by atoms with van der Waals surface area (Å²) in [7, 11) is 1.61. The molecule has 4 aromatic rings. The van der Waals surface area contributed by atoms with E-state index in [1.807, 2.05) is 0 Å². The molecule has 0 spiro atoms. The van der Waals surface area contributed by atoms with E-state index < -0.39 is 11.9 Å². The van der Waals surface area contributed by atoms with Crippen LogP contribution >= 0.6 is 0 Å². The number of oxazole rings is 1. The van der Waals surface area contributed by atoms with E-state index >= 15 is 0 Å². The SMILES string of the molecule is Cn1c(=O)oc2cc(C3Oc4cccnc4N(c4ccc5c(c4)NC(=O)CO5)C3=O)ccc21. The Morgan fingerprint density at radius 2 is 1.94 bits per heavy atom. The molecular weight excluding hydrogens is 428 g/mol. The highest BCUT2D eigenvalue weighted by Crippen LogP contribution is 2.43. The summed E-state index contributed by atoms with van der Waals surface area (Å²) >= 11 is 0. The number of amides is 2. The van der Waals surface area contributed by atoms with Gasteiger partial charge < -0.3 is 19.2 Å². The average Bonchev–Trinajstić information content (AvgIpc) is 3.11. The third-order valence-electron chi connectivity index (χ3n) is 5.63. The third-order valence-corrected chi connectivity index (χ3v) is 5.63. The van der Waals surface area contributed by atoms with Gasteiger partial charge in [-0.05, 0) is 42.5 Å². The lowest BCUT2D eigenvalue weighted by atomic mass is 10.0. The number of fused-ring (bicyclic) bond motifs is 3. The van der Waals surface area contributed by atoms with Gasteiger partial charge in [-0.1, -0.05) is 6.07 Å². The van der Waals surface area contributed by atoms with Gasteiger partial charge in [-0.2, -0.15) is 0 Å². The first-order valence-electron chi connectivity index (χ1n) is 10.1. The first-order chi connectivity index (χ1) is 16.0. The second-order valence-corrected chi connectivity index (χ2v) is 7.67. The van der Waals surface area contributed by atoms with Crippen LogP contribution < -0.4 is 25.4 Å². The molecule has 0 aliphatic carbocycles. The Balaban J connectivity index is 1.47. The van der Waals surface area contributed by atoms with Crippen molar-refractivity contribution < 1.29 is 23.5 Å². The summed E-state index contributed by atoms with van der Waals surface area (Å²) in [6, 6.07) is 13.6. The van der Waals surface area contributed by atoms with Gasteiger partial charge in [-0.25, -0.2) is 9.78 Å². The summed E-state index contributed by atoms with van der Waals surface area (Å²) in [5.74, 6) is 0.0987. The molecule has 0 saturated heterocycles. The summed E-state index contributed by atoms with van der Waals surface area (Å²) in [6.45, 7) is -0.0621. The van der Waals surface area contributed by atoms with Crippen molar-refractivity contribution in [1.82, 2.24) is 9.55 Å². The Hall–Kier alpha value is -4.60. The van der Waals surface area contributed by atoms with Crippen molar-refractivity contribution in [2.45, 2.75) is 6.10 Å². The second-order valence-electron chi connectivity index (χ2n) is 7.67. The molecule has 6 rings (SSSR count). The van der Waals surface area contributed by atoms with E-state index in [0.29, 0.717) is 45.4 Å². The van der Waals surface area contributed by atoms with Crippen molar-refractivity contribution in [3.63, 3.8) is 0 Å². The molecule has 2 amide bonds. The van der Waals surface area contributed by atoms with Crippen molar-refractivity contribution >= 4 is 40.1 Å². The quantitative estimate of drug-likeness (QED) is 0.505. The van der Waals surface area contributed by atoms with E-state index in [1.165, 1.54) is 9.47 Å². The molecule has 0 saturated carbocycles. The molecule has 0 bridgehead atoms. The molecule has 164 valence electrons. The fourth-order valence-electron chi connectivity index (χ4n) is 4.02. The molecule has 2 aliphatic heterocycles. The van der Waals surface area contributed by atoms with Crippen LogP contribution in [0.1, 0.15) is 11.7 Å². The smallest absolute Gasteiger partial charge is 0.419 e. The van der Waals surface area contributed by atoms with Gasteiger partial charge in [0.2, 0.25) is 6.10 Å². The highest BCUT2D eigenvalue weighted by Gasteiger charge is 2.38. The zero-order chi connectivity index (χ0) is 22.7. The maximum absolute atomic E-state index is 13.7. The molecule has 1 N–H and O–H groups in total. The Morgan fingerprint density at radius 1 is 1.06 bits per heavy atom. The number of nitrogens with zero attached hydrogens (tertiary/aromatic N) is 3. The van der Waals surface area contributed by atoms with Crippen molar-refractivity contribution in [2.24, 2.45) is 7.05 Å². The number of rotatable bonds is 2. The van der Waals surface area contributed by atoms with Crippen LogP contribution in [0.25, 0.3) is 11.1 Å². The van der Waals surface area contributed by atoms with Gasteiger partial charge in [0.05, 0.1) is 16.9 Å². The Bertz CT molecular complexity index is 1520. The van der Waals surface area contributed by atoms with Crippen LogP contribution in [0.3, 0.4) is 0 Å². The van der Waals surface area contributed by atoms with Gasteiger partial charge in [-0.3, -0.25) is 19.1 Å². The Kier molecular flexibility index (Phi) is 4.03. The number of aryl methyl sites for hydroxylation is 1. The van der Waals surface area contributed by atoms with Crippen LogP contribution in [0.2, 0.25) is 0 Å². The van der Waals surface area contributed by atoms with Gasteiger partial charge in [0, 0.05) is 18.8 Å². The topological polar surface area (TPSA) is 116 Å². The lowest BCUT2D eigenvalue weighted by molar-refractivity contribution is -0.125. The van der Waals surface area contributed by atoms with Gasteiger partial charge >= 0.3 is 5.76 Å². The molecule has 33 heavy (non-hydrogen) atoms. The van der Waals surface area contributed by atoms with Crippen LogP contribution in [0.5, 0.6) is 11.5 Å². The predicted molar refractivity (Wildman–Crippen MR) is 117 cm³/mol. The van der Waals surface area contributed by atoms with Crippen LogP contribution in [-0.4, -0.2) is 28.0 Å². The number of aromatic nitrogens is 2. The van der Waals surface area contributed by atoms with Crippen molar-refractivity contribution in [1.29, 1.82) is 0 Å². The molecule has 10 nitrogen and oxygen atoms in total. The summed E-state index contributed by atoms with van der Waals surface area (Å²) in [5, 5.41) is 2.75. The van der Waals surface area contributed by atoms with Crippen molar-refractivity contribution in [3.8, 4) is 11.5 Å². The molecular formula is C23H16N4O6. The fourth-order valence-corrected chi connectivity index (χ4v) is 4.02. The van der Waals surface area contributed by atoms with Crippen molar-refractivity contribution in [2.75, 3.05) is 16.8 Å². The molecule has 2 aliphatic rings. The number of pyridine rings is 1. The Labute approximate surface area is 186 Å². The van der Waals surface area contributed by atoms with Crippen LogP contribution in [-0.2, 0) is 16.6 Å². The minimum atomic E-state index is -1.00. The zero-order valence-electron chi connectivity index (χ0n) is 17.3. The van der Waals surface area contributed by atoms with Gasteiger partial charge in [0.1, 0.15) is 5.75 Å². The van der Waals surface area contributed by atoms with Crippen LogP contribution in [0.15, 0.2) is 63.9 Å². The van der Waals surface area contributed by atoms with Gasteiger partial charge in [0.15, 0.2) is 23.8 Å². The number of carbonyl (C=O) groups is 2. The number of benzene rings is 2. The highest BCUT2D eigenvalue weighted by atomic mass is 16.5. The number of nitrogens with one attached hydrogen (secondary N) is 1. The Morgan fingerprint density at radius 3 is 2.82 bits per heavy atom. The summed E-state index contributed by atoms with van der Waals surface area (Å²) in [4.78, 5) is 43.1. The van der Waals surface area contributed by atoms with E-state index in [0.717, 1.165) is 0 Å². The lowest BCUT2D eigenvalue weighted by Crippen LogP contribution is -2.38.